The Morgan fingerprint density at radius 1 is 1.03 bits per heavy atom. The number of ether oxygens (including phenoxy) is 1. The molecule has 0 radical (unpaired) electrons. The lowest BCUT2D eigenvalue weighted by molar-refractivity contribution is -0.133. The number of furan rings is 1. The Hall–Kier alpha value is -3.88. The van der Waals surface area contributed by atoms with Gasteiger partial charge >= 0.3 is 0 Å². The molecule has 1 fully saturated rings. The average molecular weight is 421 g/mol. The van der Waals surface area contributed by atoms with E-state index in [0.29, 0.717) is 49.1 Å². The highest BCUT2D eigenvalue weighted by Crippen LogP contribution is 2.20. The van der Waals surface area contributed by atoms with Gasteiger partial charge in [-0.1, -0.05) is 0 Å². The highest BCUT2D eigenvalue weighted by molar-refractivity contribution is 5.88. The van der Waals surface area contributed by atoms with Gasteiger partial charge in [-0.2, -0.15) is 0 Å². The quantitative estimate of drug-likeness (QED) is 0.652. The van der Waals surface area contributed by atoms with Crippen molar-refractivity contribution in [3.05, 3.63) is 54.8 Å². The molecular weight excluding hydrogens is 398 g/mol. The van der Waals surface area contributed by atoms with Gasteiger partial charge in [-0.05, 0) is 48.5 Å². The van der Waals surface area contributed by atoms with E-state index in [1.165, 1.54) is 6.92 Å². The molecule has 160 valence electrons. The molecule has 9 heteroatoms. The smallest absolute Gasteiger partial charge is 0.260 e. The maximum absolute atomic E-state index is 12.5. The molecule has 0 saturated carbocycles. The fraction of sp³-hybridized carbons (Fsp3) is 0.273. The molecule has 1 saturated heterocycles. The van der Waals surface area contributed by atoms with E-state index in [4.69, 9.17) is 9.15 Å². The predicted octanol–water partition coefficient (Wildman–Crippen LogP) is 2.42. The van der Waals surface area contributed by atoms with E-state index in [1.807, 2.05) is 24.3 Å². The van der Waals surface area contributed by atoms with Crippen molar-refractivity contribution in [1.82, 2.24) is 15.1 Å². The number of amides is 2. The van der Waals surface area contributed by atoms with E-state index in [2.05, 4.69) is 20.4 Å². The minimum Gasteiger partial charge on any atom is -0.484 e. The molecule has 31 heavy (non-hydrogen) atoms. The van der Waals surface area contributed by atoms with Gasteiger partial charge in [0.25, 0.3) is 5.91 Å². The topological polar surface area (TPSA) is 101 Å². The molecule has 0 aliphatic carbocycles. The summed E-state index contributed by atoms with van der Waals surface area (Å²) in [5, 5.41) is 11.2. The van der Waals surface area contributed by atoms with E-state index in [1.54, 1.807) is 35.4 Å². The minimum absolute atomic E-state index is 0.0306. The van der Waals surface area contributed by atoms with Crippen molar-refractivity contribution >= 4 is 23.3 Å². The number of hydrogen-bond donors (Lipinski definition) is 1. The molecule has 1 aliphatic rings. The lowest BCUT2D eigenvalue weighted by atomic mass is 10.2. The van der Waals surface area contributed by atoms with Crippen LogP contribution in [0.25, 0.3) is 11.5 Å². The highest BCUT2D eigenvalue weighted by atomic mass is 16.5. The third-order valence-electron chi connectivity index (χ3n) is 4.92. The molecule has 0 bridgehead atoms. The van der Waals surface area contributed by atoms with Gasteiger partial charge in [0.1, 0.15) is 11.4 Å². The summed E-state index contributed by atoms with van der Waals surface area (Å²) < 4.78 is 10.9. The third kappa shape index (κ3) is 5.19. The second-order valence-electron chi connectivity index (χ2n) is 7.12. The largest absolute Gasteiger partial charge is 0.484 e. The second-order valence-corrected chi connectivity index (χ2v) is 7.12. The number of nitrogens with one attached hydrogen (secondary N) is 1. The van der Waals surface area contributed by atoms with Crippen molar-refractivity contribution in [3.8, 4) is 17.2 Å². The number of aromatic nitrogens is 2. The van der Waals surface area contributed by atoms with Crippen LogP contribution in [0.5, 0.6) is 5.75 Å². The number of rotatable bonds is 6. The molecule has 3 heterocycles. The Bertz CT molecular complexity index is 1010. The molecule has 2 amide bonds. The zero-order valence-corrected chi connectivity index (χ0v) is 17.2. The van der Waals surface area contributed by atoms with Gasteiger partial charge in [0, 0.05) is 38.8 Å². The number of carbonyl (C=O) groups is 2. The van der Waals surface area contributed by atoms with Crippen molar-refractivity contribution < 1.29 is 18.7 Å². The summed E-state index contributed by atoms with van der Waals surface area (Å²) in [6.07, 6.45) is 1.60. The van der Waals surface area contributed by atoms with Gasteiger partial charge in [0.05, 0.1) is 6.26 Å². The SMILES string of the molecule is CC(=O)Nc1ccc(OCC(=O)N2CCN(c3ccc(-c4ccco4)nn3)CC2)cc1. The molecule has 0 atom stereocenters. The molecule has 0 unspecified atom stereocenters. The van der Waals surface area contributed by atoms with Gasteiger partial charge in [-0.25, -0.2) is 0 Å². The predicted molar refractivity (Wildman–Crippen MR) is 115 cm³/mol. The average Bonchev–Trinajstić information content (AvgIpc) is 3.33. The van der Waals surface area contributed by atoms with Crippen molar-refractivity contribution in [2.24, 2.45) is 0 Å². The number of hydrogen-bond acceptors (Lipinski definition) is 7. The number of nitrogens with zero attached hydrogens (tertiary/aromatic N) is 4. The zero-order valence-electron chi connectivity index (χ0n) is 17.2. The van der Waals surface area contributed by atoms with Crippen LogP contribution in [0.1, 0.15) is 6.92 Å². The van der Waals surface area contributed by atoms with Crippen LogP contribution in [0.4, 0.5) is 11.5 Å². The standard InChI is InChI=1S/C22H23N5O4/c1-16(28)23-17-4-6-18(7-5-17)31-15-22(29)27-12-10-26(11-13-27)21-9-8-19(24-25-21)20-3-2-14-30-20/h2-9,14H,10-13,15H2,1H3,(H,23,28). The third-order valence-corrected chi connectivity index (χ3v) is 4.92. The summed E-state index contributed by atoms with van der Waals surface area (Å²) in [4.78, 5) is 27.4. The summed E-state index contributed by atoms with van der Waals surface area (Å²) >= 11 is 0. The zero-order chi connectivity index (χ0) is 21.6. The van der Waals surface area contributed by atoms with Gasteiger partial charge in [-0.15, -0.1) is 10.2 Å². The van der Waals surface area contributed by atoms with Gasteiger partial charge in [-0.3, -0.25) is 9.59 Å². The number of benzene rings is 1. The van der Waals surface area contributed by atoms with Crippen LogP contribution in [-0.2, 0) is 9.59 Å². The van der Waals surface area contributed by atoms with Gasteiger partial charge < -0.3 is 24.3 Å². The molecule has 2 aromatic heterocycles. The molecular formula is C22H23N5O4. The van der Waals surface area contributed by atoms with E-state index in [-0.39, 0.29) is 18.4 Å². The normalized spacial score (nSPS) is 13.7. The van der Waals surface area contributed by atoms with E-state index >= 15 is 0 Å². The lowest BCUT2D eigenvalue weighted by Gasteiger charge is -2.35. The summed E-state index contributed by atoms with van der Waals surface area (Å²) in [5.41, 5.74) is 1.37. The Morgan fingerprint density at radius 3 is 2.42 bits per heavy atom. The number of piperazine rings is 1. The van der Waals surface area contributed by atoms with Crippen molar-refractivity contribution in [1.29, 1.82) is 0 Å². The van der Waals surface area contributed by atoms with Crippen LogP contribution in [0.15, 0.2) is 59.2 Å². The van der Waals surface area contributed by atoms with Gasteiger partial charge in [0.2, 0.25) is 5.91 Å². The summed E-state index contributed by atoms with van der Waals surface area (Å²) in [7, 11) is 0. The molecule has 9 nitrogen and oxygen atoms in total. The Balaban J connectivity index is 1.24. The van der Waals surface area contributed by atoms with Crippen molar-refractivity contribution in [2.45, 2.75) is 6.92 Å². The van der Waals surface area contributed by atoms with Crippen LogP contribution in [0.3, 0.4) is 0 Å². The first-order valence-corrected chi connectivity index (χ1v) is 9.99. The van der Waals surface area contributed by atoms with Crippen LogP contribution in [0, 0.1) is 0 Å². The van der Waals surface area contributed by atoms with Crippen LogP contribution < -0.4 is 15.0 Å². The second kappa shape index (κ2) is 9.29. The fourth-order valence-electron chi connectivity index (χ4n) is 3.31. The van der Waals surface area contributed by atoms with E-state index < -0.39 is 0 Å². The van der Waals surface area contributed by atoms with Crippen LogP contribution in [0.2, 0.25) is 0 Å². The molecule has 1 aromatic carbocycles. The van der Waals surface area contributed by atoms with Crippen LogP contribution in [-0.4, -0.2) is 59.7 Å². The van der Waals surface area contributed by atoms with Gasteiger partial charge in [0.15, 0.2) is 18.2 Å². The molecule has 1 aliphatic heterocycles. The fourth-order valence-corrected chi connectivity index (χ4v) is 3.31. The first-order valence-electron chi connectivity index (χ1n) is 9.99. The first kappa shape index (κ1) is 20.4. The Kier molecular flexibility index (Phi) is 6.11. The monoisotopic (exact) mass is 421 g/mol. The summed E-state index contributed by atoms with van der Waals surface area (Å²) in [5.74, 6) is 1.83. The maximum atomic E-state index is 12.5. The van der Waals surface area contributed by atoms with Crippen molar-refractivity contribution in [3.63, 3.8) is 0 Å². The summed E-state index contributed by atoms with van der Waals surface area (Å²) in [6, 6.07) is 14.4. The number of carbonyl (C=O) groups excluding carboxylic acids is 2. The first-order chi connectivity index (χ1) is 15.1. The highest BCUT2D eigenvalue weighted by Gasteiger charge is 2.22. The van der Waals surface area contributed by atoms with Crippen LogP contribution >= 0.6 is 0 Å². The molecule has 0 spiro atoms. The van der Waals surface area contributed by atoms with E-state index in [9.17, 15) is 9.59 Å². The van der Waals surface area contributed by atoms with E-state index in [0.717, 1.165) is 5.82 Å². The minimum atomic E-state index is -0.137. The lowest BCUT2D eigenvalue weighted by Crippen LogP contribution is -2.50. The summed E-state index contributed by atoms with van der Waals surface area (Å²) in [6.45, 7) is 3.94. The Morgan fingerprint density at radius 2 is 1.81 bits per heavy atom. The molecule has 4 rings (SSSR count). The maximum Gasteiger partial charge on any atom is 0.260 e. The number of anilines is 2. The molecule has 3 aromatic rings. The Labute approximate surface area is 179 Å². The van der Waals surface area contributed by atoms with Crippen molar-refractivity contribution in [2.75, 3.05) is 43.0 Å². The molecule has 1 N–H and O–H groups in total.